The van der Waals surface area contributed by atoms with Crippen LogP contribution in [0, 0.1) is 13.8 Å². The summed E-state index contributed by atoms with van der Waals surface area (Å²) in [4.78, 5) is 34.4. The summed E-state index contributed by atoms with van der Waals surface area (Å²) in [7, 11) is 0. The minimum atomic E-state index is -0.791. The van der Waals surface area contributed by atoms with Gasteiger partial charge in [-0.2, -0.15) is 0 Å². The average molecular weight is 367 g/mol. The summed E-state index contributed by atoms with van der Waals surface area (Å²) in [5, 5.41) is 4.46. The van der Waals surface area contributed by atoms with E-state index in [-0.39, 0.29) is 11.7 Å². The number of carbonyl (C=O) groups excluding carboxylic acids is 2. The van der Waals surface area contributed by atoms with Crippen LogP contribution in [0.15, 0.2) is 11.4 Å². The lowest BCUT2D eigenvalue weighted by atomic mass is 10.2. The minimum absolute atomic E-state index is 0.103. The fourth-order valence-electron chi connectivity index (χ4n) is 2.06. The molecule has 6 nitrogen and oxygen atoms in total. The van der Waals surface area contributed by atoms with Gasteiger partial charge < -0.3 is 10.1 Å². The molecular weight excluding hydrogens is 346 g/mol. The van der Waals surface area contributed by atoms with E-state index in [0.717, 1.165) is 27.2 Å². The molecule has 0 aromatic carbocycles. The molecule has 1 N–H and O–H groups in total. The fraction of sp³-hybridized carbons (Fsp3) is 0.500. The molecule has 0 aliphatic carbocycles. The van der Waals surface area contributed by atoms with Crippen molar-refractivity contribution in [3.63, 3.8) is 0 Å². The molecule has 0 spiro atoms. The van der Waals surface area contributed by atoms with E-state index in [1.807, 2.05) is 20.8 Å². The zero-order chi connectivity index (χ0) is 17.7. The summed E-state index contributed by atoms with van der Waals surface area (Å²) < 4.78 is 5.17. The third-order valence-electron chi connectivity index (χ3n) is 3.48. The van der Waals surface area contributed by atoms with Crippen LogP contribution in [-0.2, 0) is 14.3 Å². The molecule has 2 aromatic heterocycles. The van der Waals surface area contributed by atoms with E-state index < -0.39 is 12.1 Å². The Kier molecular flexibility index (Phi) is 6.56. The van der Waals surface area contributed by atoms with Crippen LogP contribution < -0.4 is 5.32 Å². The molecule has 0 radical (unpaired) electrons. The van der Waals surface area contributed by atoms with Crippen molar-refractivity contribution in [2.75, 3.05) is 12.3 Å². The topological polar surface area (TPSA) is 81.2 Å². The predicted octanol–water partition coefficient (Wildman–Crippen LogP) is 2.86. The van der Waals surface area contributed by atoms with Gasteiger partial charge in [0.2, 0.25) is 0 Å². The van der Waals surface area contributed by atoms with Gasteiger partial charge in [-0.25, -0.2) is 9.97 Å². The van der Waals surface area contributed by atoms with Gasteiger partial charge in [0.05, 0.1) is 5.75 Å². The van der Waals surface area contributed by atoms with Crippen LogP contribution in [0.5, 0.6) is 0 Å². The molecule has 0 aliphatic rings. The number of aryl methyl sites for hydroxylation is 2. The van der Waals surface area contributed by atoms with E-state index in [2.05, 4.69) is 15.3 Å². The molecule has 0 saturated heterocycles. The first-order valence-electron chi connectivity index (χ1n) is 7.74. The second kappa shape index (κ2) is 8.43. The van der Waals surface area contributed by atoms with E-state index in [0.29, 0.717) is 6.54 Å². The summed E-state index contributed by atoms with van der Waals surface area (Å²) >= 11 is 2.92. The maximum atomic E-state index is 12.0. The van der Waals surface area contributed by atoms with Gasteiger partial charge in [-0.15, -0.1) is 11.3 Å². The van der Waals surface area contributed by atoms with E-state index in [4.69, 9.17) is 4.74 Å². The van der Waals surface area contributed by atoms with Crippen LogP contribution >= 0.6 is 23.1 Å². The Morgan fingerprint density at radius 3 is 2.83 bits per heavy atom. The van der Waals surface area contributed by atoms with Gasteiger partial charge >= 0.3 is 5.97 Å². The number of nitrogens with one attached hydrogen (secondary N) is 1. The normalized spacial score (nSPS) is 12.2. The van der Waals surface area contributed by atoms with Gasteiger partial charge in [0.25, 0.3) is 5.91 Å². The van der Waals surface area contributed by atoms with Crippen LogP contribution in [0.4, 0.5) is 0 Å². The maximum Gasteiger partial charge on any atom is 0.317 e. The van der Waals surface area contributed by atoms with Crippen LogP contribution in [0.25, 0.3) is 10.2 Å². The highest BCUT2D eigenvalue weighted by molar-refractivity contribution is 8.00. The maximum absolute atomic E-state index is 12.0. The Bertz CT molecular complexity index is 745. The molecule has 24 heavy (non-hydrogen) atoms. The number of hydrogen-bond donors (Lipinski definition) is 1. The lowest BCUT2D eigenvalue weighted by molar-refractivity contribution is -0.152. The first kappa shape index (κ1) is 18.7. The molecule has 0 aliphatic heterocycles. The molecule has 0 saturated carbocycles. The van der Waals surface area contributed by atoms with Gasteiger partial charge in [0, 0.05) is 16.8 Å². The van der Waals surface area contributed by atoms with Crippen LogP contribution in [0.2, 0.25) is 0 Å². The van der Waals surface area contributed by atoms with Crippen molar-refractivity contribution in [3.05, 3.63) is 16.8 Å². The van der Waals surface area contributed by atoms with Crippen molar-refractivity contribution in [3.8, 4) is 0 Å². The molecule has 8 heteroatoms. The van der Waals surface area contributed by atoms with Crippen molar-refractivity contribution in [1.29, 1.82) is 0 Å². The molecular formula is C16H21N3O3S2. The van der Waals surface area contributed by atoms with Crippen LogP contribution in [-0.4, -0.2) is 40.2 Å². The standard InChI is InChI=1S/C16H21N3O3S2/c1-5-6-17-14(21)10(3)22-12(20)7-23-15-13-9(2)11(4)24-16(13)19-8-18-15/h8,10H,5-7H2,1-4H3,(H,17,21)/t10-/m1/s1. The van der Waals surface area contributed by atoms with E-state index >= 15 is 0 Å². The van der Waals surface area contributed by atoms with Crippen molar-refractivity contribution in [2.45, 2.75) is 45.2 Å². The second-order valence-electron chi connectivity index (χ2n) is 5.35. The van der Waals surface area contributed by atoms with Crippen molar-refractivity contribution in [1.82, 2.24) is 15.3 Å². The zero-order valence-corrected chi connectivity index (χ0v) is 15.8. The molecule has 1 amide bonds. The highest BCUT2D eigenvalue weighted by atomic mass is 32.2. The molecule has 1 atom stereocenters. The van der Waals surface area contributed by atoms with E-state index in [1.54, 1.807) is 18.3 Å². The first-order valence-corrected chi connectivity index (χ1v) is 9.55. The third-order valence-corrected chi connectivity index (χ3v) is 5.56. The monoisotopic (exact) mass is 367 g/mol. The number of hydrogen-bond acceptors (Lipinski definition) is 7. The molecule has 2 heterocycles. The summed E-state index contributed by atoms with van der Waals surface area (Å²) in [5.74, 6) is -0.606. The Morgan fingerprint density at radius 2 is 2.12 bits per heavy atom. The number of nitrogens with zero attached hydrogens (tertiary/aromatic N) is 2. The average Bonchev–Trinajstić information content (AvgIpc) is 2.85. The van der Waals surface area contributed by atoms with Gasteiger partial charge in [0.15, 0.2) is 6.10 Å². The van der Waals surface area contributed by atoms with Crippen molar-refractivity contribution in [2.24, 2.45) is 0 Å². The third kappa shape index (κ3) is 4.45. The Balaban J connectivity index is 1.96. The number of aromatic nitrogens is 2. The highest BCUT2D eigenvalue weighted by Crippen LogP contribution is 2.34. The molecule has 2 rings (SSSR count). The lowest BCUT2D eigenvalue weighted by Gasteiger charge is -2.13. The van der Waals surface area contributed by atoms with Gasteiger partial charge in [-0.1, -0.05) is 18.7 Å². The molecule has 0 bridgehead atoms. The summed E-state index contributed by atoms with van der Waals surface area (Å²) in [6.07, 6.45) is 1.55. The van der Waals surface area contributed by atoms with Gasteiger partial charge in [-0.05, 0) is 32.8 Å². The Morgan fingerprint density at radius 1 is 1.38 bits per heavy atom. The van der Waals surface area contributed by atoms with E-state index in [1.165, 1.54) is 23.0 Å². The van der Waals surface area contributed by atoms with E-state index in [9.17, 15) is 9.59 Å². The van der Waals surface area contributed by atoms with Crippen molar-refractivity contribution < 1.29 is 14.3 Å². The zero-order valence-electron chi connectivity index (χ0n) is 14.2. The van der Waals surface area contributed by atoms with Gasteiger partial charge in [0.1, 0.15) is 16.2 Å². The SMILES string of the molecule is CCCNC(=O)[C@@H](C)OC(=O)CSc1ncnc2sc(C)c(C)c12. The molecule has 0 unspecified atom stereocenters. The quantitative estimate of drug-likeness (QED) is 0.460. The summed E-state index contributed by atoms with van der Waals surface area (Å²) in [5.41, 5.74) is 1.14. The van der Waals surface area contributed by atoms with Gasteiger partial charge in [-0.3, -0.25) is 9.59 Å². The minimum Gasteiger partial charge on any atom is -0.452 e. The number of thioether (sulfide) groups is 1. The second-order valence-corrected chi connectivity index (χ2v) is 7.52. The number of amides is 1. The number of carbonyl (C=O) groups is 2. The van der Waals surface area contributed by atoms with Crippen LogP contribution in [0.3, 0.4) is 0 Å². The smallest absolute Gasteiger partial charge is 0.317 e. The fourth-order valence-corrected chi connectivity index (χ4v) is 3.96. The predicted molar refractivity (Wildman–Crippen MR) is 96.5 cm³/mol. The number of rotatable bonds is 7. The highest BCUT2D eigenvalue weighted by Gasteiger charge is 2.18. The first-order chi connectivity index (χ1) is 11.4. The Hall–Kier alpha value is -1.67. The number of fused-ring (bicyclic) bond motifs is 1. The summed E-state index contributed by atoms with van der Waals surface area (Å²) in [6.45, 7) is 8.18. The lowest BCUT2D eigenvalue weighted by Crippen LogP contribution is -2.36. The largest absolute Gasteiger partial charge is 0.452 e. The Labute approximate surface area is 149 Å². The number of ether oxygens (including phenoxy) is 1. The summed E-state index contributed by atoms with van der Waals surface area (Å²) in [6, 6.07) is 0. The molecule has 130 valence electrons. The van der Waals surface area contributed by atoms with Crippen LogP contribution in [0.1, 0.15) is 30.7 Å². The number of esters is 1. The van der Waals surface area contributed by atoms with Crippen molar-refractivity contribution >= 4 is 45.2 Å². The molecule has 2 aromatic rings. The number of thiophene rings is 1. The molecule has 0 fully saturated rings.